The lowest BCUT2D eigenvalue weighted by molar-refractivity contribution is 0.181. The topological polar surface area (TPSA) is 47.0 Å². The maximum atomic E-state index is 13.5. The summed E-state index contributed by atoms with van der Waals surface area (Å²) in [5.74, 6) is 0.858. The van der Waals surface area contributed by atoms with Crippen molar-refractivity contribution in [2.24, 2.45) is 0 Å². The summed E-state index contributed by atoms with van der Waals surface area (Å²) in [6, 6.07) is 4.60. The molecule has 0 aliphatic rings. The number of halogens is 2. The molecule has 0 saturated carbocycles. The highest BCUT2D eigenvalue weighted by atomic mass is 79.9. The summed E-state index contributed by atoms with van der Waals surface area (Å²) in [6.07, 6.45) is 0. The lowest BCUT2D eigenvalue weighted by atomic mass is 10.1. The van der Waals surface area contributed by atoms with E-state index in [0.29, 0.717) is 23.8 Å². The minimum absolute atomic E-state index is 0.305. The highest BCUT2D eigenvalue weighted by Crippen LogP contribution is 2.29. The highest BCUT2D eigenvalue weighted by molar-refractivity contribution is 9.10. The van der Waals surface area contributed by atoms with Gasteiger partial charge in [-0.05, 0) is 47.5 Å². The molecular formula is C15H17BrFN3O. The van der Waals surface area contributed by atoms with Crippen LogP contribution in [0.25, 0.3) is 11.4 Å². The van der Waals surface area contributed by atoms with E-state index in [0.717, 1.165) is 22.3 Å². The predicted octanol–water partition coefficient (Wildman–Crippen LogP) is 3.93. The maximum absolute atomic E-state index is 13.5. The molecule has 0 aliphatic carbocycles. The molecule has 0 aliphatic heterocycles. The van der Waals surface area contributed by atoms with Gasteiger partial charge in [0.2, 0.25) is 0 Å². The normalized spacial score (nSPS) is 10.7. The second-order valence-corrected chi connectivity index (χ2v) is 5.37. The summed E-state index contributed by atoms with van der Waals surface area (Å²) in [5, 5.41) is 3.17. The van der Waals surface area contributed by atoms with E-state index in [2.05, 4.69) is 31.2 Å². The van der Waals surface area contributed by atoms with Crippen LogP contribution in [0.1, 0.15) is 18.2 Å². The van der Waals surface area contributed by atoms with Crippen molar-refractivity contribution in [2.45, 2.75) is 20.5 Å². The molecule has 2 aromatic rings. The number of ether oxygens (including phenoxy) is 1. The van der Waals surface area contributed by atoms with E-state index >= 15 is 0 Å². The predicted molar refractivity (Wildman–Crippen MR) is 84.7 cm³/mol. The van der Waals surface area contributed by atoms with E-state index in [1.165, 1.54) is 12.1 Å². The van der Waals surface area contributed by atoms with E-state index in [9.17, 15) is 4.39 Å². The summed E-state index contributed by atoms with van der Waals surface area (Å²) in [5.41, 5.74) is 2.32. The van der Waals surface area contributed by atoms with Crippen molar-refractivity contribution < 1.29 is 9.13 Å². The Bertz CT molecular complexity index is 622. The van der Waals surface area contributed by atoms with Crippen LogP contribution in [0.15, 0.2) is 22.7 Å². The van der Waals surface area contributed by atoms with Crippen LogP contribution in [0.5, 0.6) is 0 Å². The van der Waals surface area contributed by atoms with E-state index < -0.39 is 0 Å². The van der Waals surface area contributed by atoms with Crippen molar-refractivity contribution in [3.63, 3.8) is 0 Å². The quantitative estimate of drug-likeness (QED) is 0.884. The van der Waals surface area contributed by atoms with Crippen LogP contribution in [0.2, 0.25) is 0 Å². The summed E-state index contributed by atoms with van der Waals surface area (Å²) in [6.45, 7) is 4.97. The monoisotopic (exact) mass is 353 g/mol. The molecule has 0 bridgehead atoms. The van der Waals surface area contributed by atoms with Crippen molar-refractivity contribution in [3.8, 4) is 11.4 Å². The first-order valence-electron chi connectivity index (χ1n) is 6.62. The number of anilines is 1. The van der Waals surface area contributed by atoms with Gasteiger partial charge in [0, 0.05) is 19.2 Å². The largest absolute Gasteiger partial charge is 0.378 e. The zero-order valence-corrected chi connectivity index (χ0v) is 13.8. The Labute approximate surface area is 131 Å². The van der Waals surface area contributed by atoms with Gasteiger partial charge in [-0.2, -0.15) is 0 Å². The van der Waals surface area contributed by atoms with Gasteiger partial charge in [-0.1, -0.05) is 6.07 Å². The summed E-state index contributed by atoms with van der Waals surface area (Å²) >= 11 is 3.48. The van der Waals surface area contributed by atoms with Crippen molar-refractivity contribution >= 4 is 21.7 Å². The van der Waals surface area contributed by atoms with E-state index in [1.54, 1.807) is 13.2 Å². The molecule has 0 spiro atoms. The number of aromatic nitrogens is 2. The fraction of sp³-hybridized carbons (Fsp3) is 0.333. The molecule has 0 saturated heterocycles. The third kappa shape index (κ3) is 3.57. The molecule has 112 valence electrons. The van der Waals surface area contributed by atoms with Gasteiger partial charge in [-0.15, -0.1) is 0 Å². The fourth-order valence-corrected chi connectivity index (χ4v) is 2.40. The fourth-order valence-electron chi connectivity index (χ4n) is 1.97. The van der Waals surface area contributed by atoms with Crippen LogP contribution in [0, 0.1) is 12.7 Å². The Morgan fingerprint density at radius 2 is 2.10 bits per heavy atom. The first-order chi connectivity index (χ1) is 10.1. The number of rotatable bonds is 5. The Morgan fingerprint density at radius 3 is 2.76 bits per heavy atom. The third-order valence-electron chi connectivity index (χ3n) is 2.99. The minimum atomic E-state index is -0.305. The number of hydrogen-bond donors (Lipinski definition) is 1. The number of benzene rings is 1. The first kappa shape index (κ1) is 15.9. The Kier molecular flexibility index (Phi) is 5.25. The number of hydrogen-bond acceptors (Lipinski definition) is 4. The van der Waals surface area contributed by atoms with Gasteiger partial charge >= 0.3 is 0 Å². The van der Waals surface area contributed by atoms with Crippen molar-refractivity contribution in [1.82, 2.24) is 9.97 Å². The number of methoxy groups -OCH3 is 1. The average molecular weight is 354 g/mol. The Hall–Kier alpha value is -1.53. The molecule has 4 nitrogen and oxygen atoms in total. The maximum Gasteiger partial charge on any atom is 0.162 e. The van der Waals surface area contributed by atoms with Crippen LogP contribution in [-0.2, 0) is 11.3 Å². The molecule has 2 rings (SSSR count). The second kappa shape index (κ2) is 6.95. The molecule has 0 atom stereocenters. The average Bonchev–Trinajstić information content (AvgIpc) is 2.46. The molecule has 1 aromatic heterocycles. The van der Waals surface area contributed by atoms with Gasteiger partial charge in [0.25, 0.3) is 0 Å². The Balaban J connectivity index is 2.59. The van der Waals surface area contributed by atoms with Crippen LogP contribution >= 0.6 is 15.9 Å². The zero-order chi connectivity index (χ0) is 15.4. The zero-order valence-electron chi connectivity index (χ0n) is 12.2. The van der Waals surface area contributed by atoms with Gasteiger partial charge in [0.05, 0.1) is 16.8 Å². The van der Waals surface area contributed by atoms with Gasteiger partial charge in [-0.3, -0.25) is 0 Å². The van der Waals surface area contributed by atoms with E-state index in [-0.39, 0.29) is 5.82 Å². The van der Waals surface area contributed by atoms with Gasteiger partial charge in [0.1, 0.15) is 11.6 Å². The molecule has 1 aromatic carbocycles. The van der Waals surface area contributed by atoms with Crippen LogP contribution in [-0.4, -0.2) is 23.6 Å². The number of aryl methyl sites for hydroxylation is 1. The second-order valence-electron chi connectivity index (χ2n) is 4.58. The van der Waals surface area contributed by atoms with Crippen LogP contribution in [0.4, 0.5) is 10.2 Å². The SMILES string of the molecule is CCNc1nc(-c2cc(F)ccc2C)nc(COC)c1Br. The van der Waals surface area contributed by atoms with Crippen LogP contribution in [0.3, 0.4) is 0 Å². The van der Waals surface area contributed by atoms with Gasteiger partial charge < -0.3 is 10.1 Å². The Morgan fingerprint density at radius 1 is 1.33 bits per heavy atom. The van der Waals surface area contributed by atoms with Gasteiger partial charge in [-0.25, -0.2) is 14.4 Å². The van der Waals surface area contributed by atoms with Crippen LogP contribution < -0.4 is 5.32 Å². The summed E-state index contributed by atoms with van der Waals surface area (Å²) in [7, 11) is 1.61. The molecular weight excluding hydrogens is 337 g/mol. The summed E-state index contributed by atoms with van der Waals surface area (Å²) < 4.78 is 19.4. The van der Waals surface area contributed by atoms with E-state index in [1.807, 2.05) is 13.8 Å². The molecule has 0 fully saturated rings. The lowest BCUT2D eigenvalue weighted by Crippen LogP contribution is -2.07. The van der Waals surface area contributed by atoms with Gasteiger partial charge in [0.15, 0.2) is 5.82 Å². The molecule has 0 unspecified atom stereocenters. The third-order valence-corrected chi connectivity index (χ3v) is 3.82. The molecule has 6 heteroatoms. The highest BCUT2D eigenvalue weighted by Gasteiger charge is 2.15. The molecule has 0 radical (unpaired) electrons. The number of nitrogens with one attached hydrogen (secondary N) is 1. The number of nitrogens with zero attached hydrogens (tertiary/aromatic N) is 2. The summed E-state index contributed by atoms with van der Waals surface area (Å²) in [4.78, 5) is 8.97. The molecule has 1 N–H and O–H groups in total. The molecule has 0 amide bonds. The molecule has 1 heterocycles. The van der Waals surface area contributed by atoms with Crippen molar-refractivity contribution in [3.05, 3.63) is 39.7 Å². The van der Waals surface area contributed by atoms with Crippen molar-refractivity contribution in [1.29, 1.82) is 0 Å². The smallest absolute Gasteiger partial charge is 0.162 e. The minimum Gasteiger partial charge on any atom is -0.378 e. The lowest BCUT2D eigenvalue weighted by Gasteiger charge is -2.13. The van der Waals surface area contributed by atoms with Crippen molar-refractivity contribution in [2.75, 3.05) is 19.0 Å². The standard InChI is InChI=1S/C15H17BrFN3O/c1-4-18-15-13(16)12(8-21-3)19-14(20-15)11-7-10(17)6-5-9(11)2/h5-7H,4,8H2,1-3H3,(H,18,19,20). The first-order valence-corrected chi connectivity index (χ1v) is 7.41. The molecule has 21 heavy (non-hydrogen) atoms. The van der Waals surface area contributed by atoms with E-state index in [4.69, 9.17) is 4.74 Å².